The number of benzene rings is 2. The summed E-state index contributed by atoms with van der Waals surface area (Å²) < 4.78 is 0. The maximum absolute atomic E-state index is 12.6. The van der Waals surface area contributed by atoms with Gasteiger partial charge in [0.1, 0.15) is 5.69 Å². The molecule has 0 aromatic heterocycles. The van der Waals surface area contributed by atoms with Crippen LogP contribution in [0.4, 0.5) is 11.4 Å². The fourth-order valence-corrected chi connectivity index (χ4v) is 3.86. The Labute approximate surface area is 170 Å². The number of nitrogens with zero attached hydrogens (tertiary/aromatic N) is 2. The molecule has 2 aromatic rings. The number of hydrogen-bond donors (Lipinski definition) is 2. The van der Waals surface area contributed by atoms with Gasteiger partial charge in [-0.1, -0.05) is 30.3 Å². The van der Waals surface area contributed by atoms with Crippen molar-refractivity contribution < 1.29 is 9.72 Å². The number of likely N-dealkylation sites (tertiary alicyclic amines) is 1. The summed E-state index contributed by atoms with van der Waals surface area (Å²) in [5.41, 5.74) is 2.03. The second-order valence-corrected chi connectivity index (χ2v) is 7.87. The third kappa shape index (κ3) is 4.92. The first kappa shape index (κ1) is 19.4. The molecule has 1 saturated heterocycles. The van der Waals surface area contributed by atoms with E-state index >= 15 is 0 Å². The van der Waals surface area contributed by atoms with E-state index in [0.29, 0.717) is 23.8 Å². The molecule has 7 nitrogen and oxygen atoms in total. The summed E-state index contributed by atoms with van der Waals surface area (Å²) in [6.45, 7) is 2.43. The molecule has 0 unspecified atom stereocenters. The van der Waals surface area contributed by atoms with Gasteiger partial charge in [-0.05, 0) is 49.9 Å². The second kappa shape index (κ2) is 8.61. The fraction of sp³-hybridized carbons (Fsp3) is 0.409. The first-order valence-electron chi connectivity index (χ1n) is 10.2. The van der Waals surface area contributed by atoms with E-state index in [1.807, 2.05) is 18.2 Å². The molecule has 1 heterocycles. The molecule has 2 aliphatic rings. The van der Waals surface area contributed by atoms with Crippen LogP contribution in [0.5, 0.6) is 0 Å². The van der Waals surface area contributed by atoms with Gasteiger partial charge in [0.05, 0.1) is 4.92 Å². The monoisotopic (exact) mass is 394 g/mol. The SMILES string of the molecule is O=C(NC[C@@H]1CCCN1Cc1ccccc1)c1ccc(NC2CC2)c([N+](=O)[O-])c1. The normalized spacial score (nSPS) is 19.1. The Morgan fingerprint density at radius 1 is 1.14 bits per heavy atom. The number of anilines is 1. The van der Waals surface area contributed by atoms with Crippen LogP contribution in [0.1, 0.15) is 41.6 Å². The molecule has 2 fully saturated rings. The van der Waals surface area contributed by atoms with E-state index in [9.17, 15) is 14.9 Å². The van der Waals surface area contributed by atoms with E-state index in [2.05, 4.69) is 27.7 Å². The number of nitro benzene ring substituents is 1. The summed E-state index contributed by atoms with van der Waals surface area (Å²) in [5.74, 6) is -0.266. The highest BCUT2D eigenvalue weighted by Crippen LogP contribution is 2.31. The molecule has 0 spiro atoms. The zero-order valence-electron chi connectivity index (χ0n) is 16.3. The van der Waals surface area contributed by atoms with Crippen LogP contribution in [0, 0.1) is 10.1 Å². The van der Waals surface area contributed by atoms with Gasteiger partial charge in [0.25, 0.3) is 11.6 Å². The van der Waals surface area contributed by atoms with Gasteiger partial charge in [-0.3, -0.25) is 19.8 Å². The van der Waals surface area contributed by atoms with Crippen molar-refractivity contribution in [2.45, 2.75) is 44.3 Å². The number of nitro groups is 1. The van der Waals surface area contributed by atoms with Crippen LogP contribution < -0.4 is 10.6 Å². The van der Waals surface area contributed by atoms with Gasteiger partial charge >= 0.3 is 0 Å². The molecule has 1 aliphatic carbocycles. The molecule has 7 heteroatoms. The Morgan fingerprint density at radius 3 is 2.66 bits per heavy atom. The smallest absolute Gasteiger partial charge is 0.293 e. The van der Waals surface area contributed by atoms with Gasteiger partial charge in [-0.2, -0.15) is 0 Å². The first-order chi connectivity index (χ1) is 14.1. The molecule has 1 saturated carbocycles. The Morgan fingerprint density at radius 2 is 1.93 bits per heavy atom. The number of carbonyl (C=O) groups is 1. The van der Waals surface area contributed by atoms with Crippen molar-refractivity contribution in [2.75, 3.05) is 18.4 Å². The van der Waals surface area contributed by atoms with Crippen LogP contribution in [-0.2, 0) is 6.54 Å². The summed E-state index contributed by atoms with van der Waals surface area (Å²) in [4.78, 5) is 26.0. The summed E-state index contributed by atoms with van der Waals surface area (Å²) in [5, 5.41) is 17.5. The van der Waals surface area contributed by atoms with Crippen molar-refractivity contribution in [3.05, 3.63) is 69.8 Å². The van der Waals surface area contributed by atoms with Crippen LogP contribution in [0.3, 0.4) is 0 Å². The second-order valence-electron chi connectivity index (χ2n) is 7.87. The Kier molecular flexibility index (Phi) is 5.76. The van der Waals surface area contributed by atoms with Crippen LogP contribution in [-0.4, -0.2) is 40.9 Å². The number of carbonyl (C=O) groups excluding carboxylic acids is 1. The molecule has 29 heavy (non-hydrogen) atoms. The van der Waals surface area contributed by atoms with Crippen molar-refractivity contribution >= 4 is 17.3 Å². The average Bonchev–Trinajstić information content (AvgIpc) is 3.44. The number of rotatable bonds is 8. The van der Waals surface area contributed by atoms with Crippen LogP contribution in [0.15, 0.2) is 48.5 Å². The summed E-state index contributed by atoms with van der Waals surface area (Å²) in [7, 11) is 0. The van der Waals surface area contributed by atoms with Gasteiger partial charge in [0, 0.05) is 36.8 Å². The van der Waals surface area contributed by atoms with Crippen molar-refractivity contribution in [1.29, 1.82) is 0 Å². The van der Waals surface area contributed by atoms with Gasteiger partial charge < -0.3 is 10.6 Å². The quantitative estimate of drug-likeness (QED) is 0.528. The molecule has 1 amide bonds. The van der Waals surface area contributed by atoms with Gasteiger partial charge in [-0.25, -0.2) is 0 Å². The maximum atomic E-state index is 12.6. The summed E-state index contributed by atoms with van der Waals surface area (Å²) >= 11 is 0. The molecule has 0 radical (unpaired) electrons. The third-order valence-electron chi connectivity index (χ3n) is 5.62. The van der Waals surface area contributed by atoms with Crippen LogP contribution in [0.25, 0.3) is 0 Å². The Hall–Kier alpha value is -2.93. The van der Waals surface area contributed by atoms with Crippen LogP contribution in [0.2, 0.25) is 0 Å². The summed E-state index contributed by atoms with van der Waals surface area (Å²) in [6.07, 6.45) is 4.21. The minimum absolute atomic E-state index is 0.0453. The van der Waals surface area contributed by atoms with Gasteiger partial charge in [0.15, 0.2) is 0 Å². The van der Waals surface area contributed by atoms with Crippen LogP contribution >= 0.6 is 0 Å². The molecule has 1 aliphatic heterocycles. The molecule has 2 N–H and O–H groups in total. The Bertz CT molecular complexity index is 883. The lowest BCUT2D eigenvalue weighted by molar-refractivity contribution is -0.384. The van der Waals surface area contributed by atoms with E-state index in [1.165, 1.54) is 11.6 Å². The van der Waals surface area contributed by atoms with Gasteiger partial charge in [-0.15, -0.1) is 0 Å². The standard InChI is InChI=1S/C22H26N4O3/c27-22(17-8-11-20(24-18-9-10-18)21(13-17)26(28)29)23-14-19-7-4-12-25(19)15-16-5-2-1-3-6-16/h1-3,5-6,8,11,13,18-19,24H,4,7,9-10,12,14-15H2,(H,23,27)/t19-/m0/s1. The molecule has 1 atom stereocenters. The number of nitrogens with one attached hydrogen (secondary N) is 2. The molecule has 152 valence electrons. The molecule has 2 aromatic carbocycles. The minimum atomic E-state index is -0.430. The Balaban J connectivity index is 1.37. The highest BCUT2D eigenvalue weighted by atomic mass is 16.6. The van der Waals surface area contributed by atoms with Crippen molar-refractivity contribution in [1.82, 2.24) is 10.2 Å². The number of amides is 1. The predicted octanol–water partition coefficient (Wildman–Crippen LogP) is 3.56. The predicted molar refractivity (Wildman–Crippen MR) is 112 cm³/mol. The van der Waals surface area contributed by atoms with Crippen molar-refractivity contribution in [3.8, 4) is 0 Å². The average molecular weight is 394 g/mol. The van der Waals surface area contributed by atoms with Gasteiger partial charge in [0.2, 0.25) is 0 Å². The first-order valence-corrected chi connectivity index (χ1v) is 10.2. The maximum Gasteiger partial charge on any atom is 0.293 e. The lowest BCUT2D eigenvalue weighted by Crippen LogP contribution is -2.39. The highest BCUT2D eigenvalue weighted by molar-refractivity contribution is 5.95. The largest absolute Gasteiger partial charge is 0.377 e. The van der Waals surface area contributed by atoms with E-state index in [1.54, 1.807) is 12.1 Å². The molecule has 0 bridgehead atoms. The zero-order valence-corrected chi connectivity index (χ0v) is 16.3. The van der Waals surface area contributed by atoms with E-state index in [4.69, 9.17) is 0 Å². The van der Waals surface area contributed by atoms with E-state index < -0.39 is 4.92 Å². The lowest BCUT2D eigenvalue weighted by Gasteiger charge is -2.24. The topological polar surface area (TPSA) is 87.5 Å². The number of hydrogen-bond acceptors (Lipinski definition) is 5. The highest BCUT2D eigenvalue weighted by Gasteiger charge is 2.27. The van der Waals surface area contributed by atoms with Crippen molar-refractivity contribution in [3.63, 3.8) is 0 Å². The lowest BCUT2D eigenvalue weighted by atomic mass is 10.1. The zero-order chi connectivity index (χ0) is 20.2. The molecular formula is C22H26N4O3. The molecular weight excluding hydrogens is 368 g/mol. The fourth-order valence-electron chi connectivity index (χ4n) is 3.86. The minimum Gasteiger partial charge on any atom is -0.377 e. The van der Waals surface area contributed by atoms with Crippen molar-refractivity contribution in [2.24, 2.45) is 0 Å². The third-order valence-corrected chi connectivity index (χ3v) is 5.62. The summed E-state index contributed by atoms with van der Waals surface area (Å²) in [6, 6.07) is 15.6. The van der Waals surface area contributed by atoms with E-state index in [0.717, 1.165) is 38.8 Å². The molecule has 4 rings (SSSR count). The van der Waals surface area contributed by atoms with E-state index in [-0.39, 0.29) is 17.6 Å².